The van der Waals surface area contributed by atoms with Crippen molar-refractivity contribution < 1.29 is 13.2 Å². The maximum absolute atomic E-state index is 12.4. The van der Waals surface area contributed by atoms with Gasteiger partial charge in [-0.15, -0.1) is 0 Å². The van der Waals surface area contributed by atoms with E-state index >= 15 is 0 Å². The van der Waals surface area contributed by atoms with Crippen molar-refractivity contribution in [1.29, 1.82) is 0 Å². The van der Waals surface area contributed by atoms with Crippen LogP contribution in [0.4, 0.5) is 0 Å². The van der Waals surface area contributed by atoms with Gasteiger partial charge in [0, 0.05) is 29.5 Å². The fraction of sp³-hybridized carbons (Fsp3) is 0.583. The summed E-state index contributed by atoms with van der Waals surface area (Å²) in [4.78, 5) is 16.8. The first-order chi connectivity index (χ1) is 8.80. The number of aromatic nitrogens is 1. The predicted octanol–water partition coefficient (Wildman–Crippen LogP) is 2.20. The Morgan fingerprint density at radius 3 is 2.74 bits per heavy atom. The normalized spacial score (nSPS) is 20.2. The Morgan fingerprint density at radius 1 is 1.53 bits per heavy atom. The van der Waals surface area contributed by atoms with E-state index in [-0.39, 0.29) is 22.5 Å². The van der Waals surface area contributed by atoms with E-state index in [1.54, 1.807) is 4.90 Å². The van der Waals surface area contributed by atoms with Crippen LogP contribution < -0.4 is 0 Å². The van der Waals surface area contributed by atoms with Crippen LogP contribution in [0, 0.1) is 5.92 Å². The van der Waals surface area contributed by atoms with Gasteiger partial charge in [-0.1, -0.05) is 13.8 Å². The molecule has 1 aromatic heterocycles. The highest BCUT2D eigenvalue weighted by atomic mass is 35.7. The highest BCUT2D eigenvalue weighted by Gasteiger charge is 2.32. The lowest BCUT2D eigenvalue weighted by atomic mass is 10.0. The summed E-state index contributed by atoms with van der Waals surface area (Å²) in [6, 6.07) is 1.51. The van der Waals surface area contributed by atoms with Gasteiger partial charge in [0.15, 0.2) is 0 Å². The number of amides is 1. The largest absolute Gasteiger partial charge is 0.356 e. The SMILES string of the molecule is CC(C)C1CCCN1C(=O)c1cc(S(=O)(=O)Cl)c[nH]1. The third-order valence-electron chi connectivity index (χ3n) is 3.50. The van der Waals surface area contributed by atoms with Gasteiger partial charge < -0.3 is 9.88 Å². The molecule has 1 atom stereocenters. The molecule has 0 spiro atoms. The molecule has 2 heterocycles. The molecule has 1 fully saturated rings. The number of hydrogen-bond acceptors (Lipinski definition) is 3. The molecule has 7 heteroatoms. The Hall–Kier alpha value is -1.01. The summed E-state index contributed by atoms with van der Waals surface area (Å²) in [6.45, 7) is 4.88. The molecule has 19 heavy (non-hydrogen) atoms. The molecule has 1 saturated heterocycles. The molecule has 1 aliphatic rings. The lowest BCUT2D eigenvalue weighted by Gasteiger charge is -2.27. The summed E-state index contributed by atoms with van der Waals surface area (Å²) in [5.41, 5.74) is 0.270. The van der Waals surface area contributed by atoms with E-state index in [9.17, 15) is 13.2 Å². The van der Waals surface area contributed by atoms with Gasteiger partial charge in [0.1, 0.15) is 10.6 Å². The first-order valence-corrected chi connectivity index (χ1v) is 8.55. The van der Waals surface area contributed by atoms with Crippen molar-refractivity contribution in [3.05, 3.63) is 18.0 Å². The van der Waals surface area contributed by atoms with E-state index in [4.69, 9.17) is 10.7 Å². The van der Waals surface area contributed by atoms with Crippen molar-refractivity contribution in [3.63, 3.8) is 0 Å². The Morgan fingerprint density at radius 2 is 2.21 bits per heavy atom. The molecular formula is C12H17ClN2O3S. The van der Waals surface area contributed by atoms with Crippen molar-refractivity contribution in [2.45, 2.75) is 37.6 Å². The van der Waals surface area contributed by atoms with Crippen molar-refractivity contribution in [1.82, 2.24) is 9.88 Å². The van der Waals surface area contributed by atoms with Crippen LogP contribution in [0.15, 0.2) is 17.2 Å². The second-order valence-electron chi connectivity index (χ2n) is 5.14. The van der Waals surface area contributed by atoms with Crippen LogP contribution in [-0.2, 0) is 9.05 Å². The Labute approximate surface area is 117 Å². The van der Waals surface area contributed by atoms with Crippen LogP contribution in [0.2, 0.25) is 0 Å². The first-order valence-electron chi connectivity index (χ1n) is 6.24. The van der Waals surface area contributed by atoms with Crippen molar-refractivity contribution in [3.8, 4) is 0 Å². The number of H-pyrrole nitrogens is 1. The summed E-state index contributed by atoms with van der Waals surface area (Å²) in [6.07, 6.45) is 3.22. The van der Waals surface area contributed by atoms with Gasteiger partial charge in [0.25, 0.3) is 15.0 Å². The maximum atomic E-state index is 12.4. The molecule has 5 nitrogen and oxygen atoms in total. The lowest BCUT2D eigenvalue weighted by Crippen LogP contribution is -2.38. The van der Waals surface area contributed by atoms with Crippen LogP contribution in [0.1, 0.15) is 37.2 Å². The van der Waals surface area contributed by atoms with Crippen molar-refractivity contribution in [2.75, 3.05) is 6.54 Å². The molecule has 1 amide bonds. The number of rotatable bonds is 3. The topological polar surface area (TPSA) is 70.2 Å². The van der Waals surface area contributed by atoms with Crippen LogP contribution >= 0.6 is 10.7 Å². The molecular weight excluding hydrogens is 288 g/mol. The fourth-order valence-corrected chi connectivity index (χ4v) is 3.26. The molecule has 1 unspecified atom stereocenters. The zero-order valence-corrected chi connectivity index (χ0v) is 12.5. The minimum Gasteiger partial charge on any atom is -0.356 e. The van der Waals surface area contributed by atoms with Crippen molar-refractivity contribution in [2.24, 2.45) is 5.92 Å². The third-order valence-corrected chi connectivity index (χ3v) is 4.83. The van der Waals surface area contributed by atoms with E-state index in [1.807, 2.05) is 0 Å². The molecule has 0 radical (unpaired) electrons. The van der Waals surface area contributed by atoms with E-state index in [1.165, 1.54) is 12.3 Å². The predicted molar refractivity (Wildman–Crippen MR) is 72.7 cm³/mol. The highest BCUT2D eigenvalue weighted by Crippen LogP contribution is 2.26. The van der Waals surface area contributed by atoms with Gasteiger partial charge in [0.2, 0.25) is 0 Å². The fourth-order valence-electron chi connectivity index (χ4n) is 2.53. The third kappa shape index (κ3) is 2.95. The van der Waals surface area contributed by atoms with Crippen molar-refractivity contribution >= 4 is 25.6 Å². The lowest BCUT2D eigenvalue weighted by molar-refractivity contribution is 0.0696. The molecule has 1 aromatic rings. The van der Waals surface area contributed by atoms with E-state index in [2.05, 4.69) is 18.8 Å². The Kier molecular flexibility index (Phi) is 3.92. The number of hydrogen-bond donors (Lipinski definition) is 1. The highest BCUT2D eigenvalue weighted by molar-refractivity contribution is 8.13. The average molecular weight is 305 g/mol. The average Bonchev–Trinajstić information content (AvgIpc) is 2.96. The molecule has 0 bridgehead atoms. The van der Waals surface area contributed by atoms with Gasteiger partial charge >= 0.3 is 0 Å². The molecule has 0 aromatic carbocycles. The quantitative estimate of drug-likeness (QED) is 0.870. The van der Waals surface area contributed by atoms with E-state index in [0.717, 1.165) is 12.8 Å². The summed E-state index contributed by atoms with van der Waals surface area (Å²) >= 11 is 0. The number of nitrogens with zero attached hydrogens (tertiary/aromatic N) is 1. The van der Waals surface area contributed by atoms with Crippen LogP contribution in [0.25, 0.3) is 0 Å². The first kappa shape index (κ1) is 14.4. The minimum absolute atomic E-state index is 0.0715. The molecule has 2 rings (SSSR count). The zero-order valence-electron chi connectivity index (χ0n) is 10.9. The van der Waals surface area contributed by atoms with Gasteiger partial charge in [-0.2, -0.15) is 0 Å². The van der Waals surface area contributed by atoms with Gasteiger partial charge in [0.05, 0.1) is 0 Å². The smallest absolute Gasteiger partial charge is 0.270 e. The second kappa shape index (κ2) is 5.17. The number of nitrogens with one attached hydrogen (secondary N) is 1. The number of carbonyl (C=O) groups excluding carboxylic acids is 1. The maximum Gasteiger partial charge on any atom is 0.270 e. The number of aromatic amines is 1. The van der Waals surface area contributed by atoms with Gasteiger partial charge in [-0.25, -0.2) is 8.42 Å². The van der Waals surface area contributed by atoms with Crippen LogP contribution in [0.3, 0.4) is 0 Å². The summed E-state index contributed by atoms with van der Waals surface area (Å²) in [7, 11) is 1.44. The number of likely N-dealkylation sites (tertiary alicyclic amines) is 1. The Bertz CT molecular complexity index is 580. The van der Waals surface area contributed by atoms with E-state index < -0.39 is 9.05 Å². The van der Waals surface area contributed by atoms with Crippen LogP contribution in [0.5, 0.6) is 0 Å². The van der Waals surface area contributed by atoms with Gasteiger partial charge in [-0.3, -0.25) is 4.79 Å². The zero-order chi connectivity index (χ0) is 14.2. The summed E-state index contributed by atoms with van der Waals surface area (Å²) in [5, 5.41) is 0. The molecule has 1 aliphatic heterocycles. The van der Waals surface area contributed by atoms with Gasteiger partial charge in [-0.05, 0) is 24.8 Å². The molecule has 0 aliphatic carbocycles. The van der Waals surface area contributed by atoms with Crippen LogP contribution in [-0.4, -0.2) is 36.8 Å². The summed E-state index contributed by atoms with van der Waals surface area (Å²) < 4.78 is 22.4. The molecule has 1 N–H and O–H groups in total. The minimum atomic E-state index is -3.80. The monoisotopic (exact) mass is 304 g/mol. The number of halogens is 1. The van der Waals surface area contributed by atoms with E-state index in [0.29, 0.717) is 12.5 Å². The number of carbonyl (C=O) groups is 1. The molecule has 106 valence electrons. The second-order valence-corrected chi connectivity index (χ2v) is 7.70. The summed E-state index contributed by atoms with van der Waals surface area (Å²) in [5.74, 6) is 0.223. The Balaban J connectivity index is 2.23. The standard InChI is InChI=1S/C12H17ClN2O3S/c1-8(2)11-4-3-5-15(11)12(16)10-6-9(7-14-10)19(13,17)18/h6-8,11,14H,3-5H2,1-2H3. The molecule has 0 saturated carbocycles.